The van der Waals surface area contributed by atoms with Crippen LogP contribution < -0.4 is 10.6 Å². The average Bonchev–Trinajstić information content (AvgIpc) is 2.97. The molecule has 0 spiro atoms. The number of hydrogen-bond donors (Lipinski definition) is 2. The van der Waals surface area contributed by atoms with E-state index in [1.54, 1.807) is 24.3 Å². The van der Waals surface area contributed by atoms with Gasteiger partial charge in [0.25, 0.3) is 0 Å². The van der Waals surface area contributed by atoms with Gasteiger partial charge in [-0.1, -0.05) is 13.3 Å². The molecule has 1 saturated heterocycles. The maximum atomic E-state index is 12.5. The SMILES string of the molecule is CCCC1(C(=O)Nc2ccc(C(=O)OC)cc2)CCCN1. The third-order valence-corrected chi connectivity index (χ3v) is 3.92. The molecule has 21 heavy (non-hydrogen) atoms. The van der Waals surface area contributed by atoms with Gasteiger partial charge in [-0.15, -0.1) is 0 Å². The predicted octanol–water partition coefficient (Wildman–Crippen LogP) is 2.33. The maximum absolute atomic E-state index is 12.5. The lowest BCUT2D eigenvalue weighted by Crippen LogP contribution is -2.50. The van der Waals surface area contributed by atoms with E-state index >= 15 is 0 Å². The number of methoxy groups -OCH3 is 1. The third kappa shape index (κ3) is 3.42. The van der Waals surface area contributed by atoms with Crippen molar-refractivity contribution in [2.45, 2.75) is 38.1 Å². The van der Waals surface area contributed by atoms with E-state index in [4.69, 9.17) is 0 Å². The normalized spacial score (nSPS) is 21.0. The summed E-state index contributed by atoms with van der Waals surface area (Å²) in [5, 5.41) is 6.28. The van der Waals surface area contributed by atoms with Crippen LogP contribution >= 0.6 is 0 Å². The molecular weight excluding hydrogens is 268 g/mol. The van der Waals surface area contributed by atoms with Gasteiger partial charge in [0.2, 0.25) is 5.91 Å². The molecule has 1 amide bonds. The predicted molar refractivity (Wildman–Crippen MR) is 81.3 cm³/mol. The van der Waals surface area contributed by atoms with Crippen molar-refractivity contribution in [3.05, 3.63) is 29.8 Å². The van der Waals surface area contributed by atoms with E-state index in [0.29, 0.717) is 11.3 Å². The molecule has 0 bridgehead atoms. The second-order valence-electron chi connectivity index (χ2n) is 5.39. The summed E-state index contributed by atoms with van der Waals surface area (Å²) in [4.78, 5) is 23.9. The fourth-order valence-corrected chi connectivity index (χ4v) is 2.81. The number of nitrogens with one attached hydrogen (secondary N) is 2. The Bertz CT molecular complexity index is 505. The van der Waals surface area contributed by atoms with Gasteiger partial charge in [0.15, 0.2) is 0 Å². The van der Waals surface area contributed by atoms with Crippen molar-refractivity contribution in [2.75, 3.05) is 19.0 Å². The summed E-state index contributed by atoms with van der Waals surface area (Å²) in [6, 6.07) is 6.74. The fraction of sp³-hybridized carbons (Fsp3) is 0.500. The number of benzene rings is 1. The highest BCUT2D eigenvalue weighted by Crippen LogP contribution is 2.26. The molecule has 2 rings (SSSR count). The number of esters is 1. The summed E-state index contributed by atoms with van der Waals surface area (Å²) in [7, 11) is 1.35. The van der Waals surface area contributed by atoms with Gasteiger partial charge < -0.3 is 15.4 Å². The van der Waals surface area contributed by atoms with Crippen molar-refractivity contribution in [2.24, 2.45) is 0 Å². The van der Waals surface area contributed by atoms with Gasteiger partial charge >= 0.3 is 5.97 Å². The molecule has 1 atom stereocenters. The summed E-state index contributed by atoms with van der Waals surface area (Å²) in [5.41, 5.74) is 0.713. The van der Waals surface area contributed by atoms with E-state index in [1.807, 2.05) is 0 Å². The summed E-state index contributed by atoms with van der Waals surface area (Å²) < 4.78 is 4.65. The minimum atomic E-state index is -0.449. The highest BCUT2D eigenvalue weighted by molar-refractivity contribution is 5.99. The van der Waals surface area contributed by atoms with E-state index in [9.17, 15) is 9.59 Å². The molecule has 0 aromatic heterocycles. The second kappa shape index (κ2) is 6.72. The van der Waals surface area contributed by atoms with Crippen LogP contribution in [0, 0.1) is 0 Å². The van der Waals surface area contributed by atoms with Crippen LogP contribution in [-0.4, -0.2) is 31.1 Å². The van der Waals surface area contributed by atoms with Gasteiger partial charge in [-0.2, -0.15) is 0 Å². The molecular formula is C16H22N2O3. The van der Waals surface area contributed by atoms with Crippen molar-refractivity contribution < 1.29 is 14.3 Å². The zero-order chi connectivity index (χ0) is 15.3. The number of ether oxygens (including phenoxy) is 1. The van der Waals surface area contributed by atoms with E-state index < -0.39 is 5.54 Å². The summed E-state index contributed by atoms with van der Waals surface area (Å²) >= 11 is 0. The Hall–Kier alpha value is -1.88. The molecule has 1 heterocycles. The van der Waals surface area contributed by atoms with E-state index in [0.717, 1.165) is 32.2 Å². The van der Waals surface area contributed by atoms with Gasteiger partial charge in [0, 0.05) is 5.69 Å². The Morgan fingerprint density at radius 1 is 1.33 bits per heavy atom. The molecule has 0 radical (unpaired) electrons. The molecule has 0 aliphatic carbocycles. The molecule has 1 aliphatic rings. The first-order valence-electron chi connectivity index (χ1n) is 7.36. The monoisotopic (exact) mass is 290 g/mol. The lowest BCUT2D eigenvalue weighted by molar-refractivity contribution is -0.122. The Labute approximate surface area is 125 Å². The van der Waals surface area contributed by atoms with Crippen molar-refractivity contribution in [1.29, 1.82) is 0 Å². The Kier molecular flexibility index (Phi) is 4.96. The van der Waals surface area contributed by atoms with Gasteiger partial charge in [-0.3, -0.25) is 4.79 Å². The minimum absolute atomic E-state index is 0.00710. The highest BCUT2D eigenvalue weighted by Gasteiger charge is 2.39. The van der Waals surface area contributed by atoms with Crippen molar-refractivity contribution in [1.82, 2.24) is 5.32 Å². The second-order valence-corrected chi connectivity index (χ2v) is 5.39. The Balaban J connectivity index is 2.06. The molecule has 1 aliphatic heterocycles. The molecule has 5 heteroatoms. The molecule has 1 unspecified atom stereocenters. The number of rotatable bonds is 5. The zero-order valence-corrected chi connectivity index (χ0v) is 12.6. The van der Waals surface area contributed by atoms with Crippen molar-refractivity contribution >= 4 is 17.6 Å². The van der Waals surface area contributed by atoms with Crippen LogP contribution in [0.15, 0.2) is 24.3 Å². The van der Waals surface area contributed by atoms with E-state index in [2.05, 4.69) is 22.3 Å². The fourth-order valence-electron chi connectivity index (χ4n) is 2.81. The smallest absolute Gasteiger partial charge is 0.337 e. The molecule has 2 N–H and O–H groups in total. The zero-order valence-electron chi connectivity index (χ0n) is 12.6. The molecule has 1 aromatic rings. The molecule has 1 aromatic carbocycles. The van der Waals surface area contributed by atoms with Crippen LogP contribution in [0.2, 0.25) is 0 Å². The first kappa shape index (κ1) is 15.5. The summed E-state index contributed by atoms with van der Waals surface area (Å²) in [5.74, 6) is -0.375. The van der Waals surface area contributed by atoms with E-state index in [-0.39, 0.29) is 11.9 Å². The number of anilines is 1. The van der Waals surface area contributed by atoms with E-state index in [1.165, 1.54) is 7.11 Å². The Morgan fingerprint density at radius 2 is 2.05 bits per heavy atom. The van der Waals surface area contributed by atoms with Crippen molar-refractivity contribution in [3.63, 3.8) is 0 Å². The topological polar surface area (TPSA) is 67.4 Å². The van der Waals surface area contributed by atoms with Crippen LogP contribution in [0.1, 0.15) is 43.0 Å². The number of carbonyl (C=O) groups excluding carboxylic acids is 2. The van der Waals surface area contributed by atoms with Crippen LogP contribution in [0.4, 0.5) is 5.69 Å². The van der Waals surface area contributed by atoms with Gasteiger partial charge in [-0.05, 0) is 50.1 Å². The standard InChI is InChI=1S/C16H22N2O3/c1-3-9-16(10-4-11-17-16)15(20)18-13-7-5-12(6-8-13)14(19)21-2/h5-8,17H,3-4,9-11H2,1-2H3,(H,18,20). The lowest BCUT2D eigenvalue weighted by atomic mass is 9.91. The summed E-state index contributed by atoms with van der Waals surface area (Å²) in [6.07, 6.45) is 3.68. The Morgan fingerprint density at radius 3 is 2.57 bits per heavy atom. The number of hydrogen-bond acceptors (Lipinski definition) is 4. The molecule has 5 nitrogen and oxygen atoms in total. The third-order valence-electron chi connectivity index (χ3n) is 3.92. The van der Waals surface area contributed by atoms with Crippen LogP contribution in [0.5, 0.6) is 0 Å². The number of carbonyl (C=O) groups is 2. The van der Waals surface area contributed by atoms with Crippen LogP contribution in [0.25, 0.3) is 0 Å². The first-order valence-corrected chi connectivity index (χ1v) is 7.36. The molecule has 0 saturated carbocycles. The van der Waals surface area contributed by atoms with Crippen molar-refractivity contribution in [3.8, 4) is 0 Å². The molecule has 1 fully saturated rings. The largest absolute Gasteiger partial charge is 0.465 e. The van der Waals surface area contributed by atoms with Gasteiger partial charge in [-0.25, -0.2) is 4.79 Å². The number of amides is 1. The quantitative estimate of drug-likeness (QED) is 0.817. The van der Waals surface area contributed by atoms with Crippen LogP contribution in [0.3, 0.4) is 0 Å². The summed E-state index contributed by atoms with van der Waals surface area (Å²) in [6.45, 7) is 2.97. The minimum Gasteiger partial charge on any atom is -0.465 e. The van der Waals surface area contributed by atoms with Crippen LogP contribution in [-0.2, 0) is 9.53 Å². The average molecular weight is 290 g/mol. The highest BCUT2D eigenvalue weighted by atomic mass is 16.5. The molecule has 114 valence electrons. The first-order chi connectivity index (χ1) is 10.1. The van der Waals surface area contributed by atoms with Gasteiger partial charge in [0.1, 0.15) is 0 Å². The maximum Gasteiger partial charge on any atom is 0.337 e. The van der Waals surface area contributed by atoms with Gasteiger partial charge in [0.05, 0.1) is 18.2 Å². The lowest BCUT2D eigenvalue weighted by Gasteiger charge is -2.27.